The van der Waals surface area contributed by atoms with Crippen LogP contribution >= 0.6 is 31.9 Å². The van der Waals surface area contributed by atoms with Crippen molar-refractivity contribution in [2.75, 3.05) is 0 Å². The maximum atomic E-state index is 11.7. The minimum Gasteiger partial charge on any atom is -0.477 e. The summed E-state index contributed by atoms with van der Waals surface area (Å²) in [5.74, 6) is -1.99. The van der Waals surface area contributed by atoms with E-state index in [9.17, 15) is 9.59 Å². The molecule has 1 atom stereocenters. The zero-order valence-electron chi connectivity index (χ0n) is 7.78. The fourth-order valence-corrected chi connectivity index (χ4v) is 3.00. The van der Waals surface area contributed by atoms with Gasteiger partial charge in [-0.1, -0.05) is 31.9 Å². The fourth-order valence-electron chi connectivity index (χ4n) is 1.50. The summed E-state index contributed by atoms with van der Waals surface area (Å²) in [6, 6.07) is 0. The molecule has 0 radical (unpaired) electrons. The van der Waals surface area contributed by atoms with Gasteiger partial charge in [-0.15, -0.1) is 0 Å². The van der Waals surface area contributed by atoms with Crippen molar-refractivity contribution in [2.45, 2.75) is 0 Å². The lowest BCUT2D eigenvalue weighted by atomic mass is 9.91. The lowest BCUT2D eigenvalue weighted by Gasteiger charge is -2.21. The first-order valence-electron chi connectivity index (χ1n) is 4.31. The molecule has 82 valence electrons. The van der Waals surface area contributed by atoms with Crippen LogP contribution in [0.4, 0.5) is 0 Å². The van der Waals surface area contributed by atoms with Gasteiger partial charge >= 0.3 is 5.97 Å². The molecular formula is C10H5Br2NO3. The summed E-state index contributed by atoms with van der Waals surface area (Å²) in [7, 11) is 0. The number of carboxylic acids is 1. The van der Waals surface area contributed by atoms with Gasteiger partial charge < -0.3 is 5.11 Å². The third kappa shape index (κ3) is 1.94. The minimum atomic E-state index is -1.20. The zero-order chi connectivity index (χ0) is 11.9. The van der Waals surface area contributed by atoms with E-state index in [0.717, 1.165) is 10.6 Å². The highest BCUT2D eigenvalue weighted by atomic mass is 79.9. The molecule has 1 N–H and O–H groups in total. The number of hydrogen-bond acceptors (Lipinski definition) is 3. The molecule has 0 amide bonds. The third-order valence-electron chi connectivity index (χ3n) is 2.17. The van der Waals surface area contributed by atoms with Crippen LogP contribution in [0.1, 0.15) is 0 Å². The standard InChI is InChI=1S/C10H5Br2NO3/c11-4-1-5(12)9-6(2-4)13-7(10(15)16)3-8(9)14/h1-3,9H,(H,15,16). The van der Waals surface area contributed by atoms with Gasteiger partial charge in [0.15, 0.2) is 11.5 Å². The van der Waals surface area contributed by atoms with Crippen LogP contribution in [0, 0.1) is 5.92 Å². The molecule has 1 aliphatic carbocycles. The average molecular weight is 347 g/mol. The molecule has 0 bridgehead atoms. The van der Waals surface area contributed by atoms with E-state index in [1.54, 1.807) is 12.2 Å². The Kier molecular flexibility index (Phi) is 2.94. The van der Waals surface area contributed by atoms with Crippen molar-refractivity contribution in [1.29, 1.82) is 0 Å². The van der Waals surface area contributed by atoms with Gasteiger partial charge in [-0.3, -0.25) is 4.79 Å². The predicted octanol–water partition coefficient (Wildman–Crippen LogP) is 2.17. The summed E-state index contributed by atoms with van der Waals surface area (Å²) < 4.78 is 1.42. The summed E-state index contributed by atoms with van der Waals surface area (Å²) in [6.45, 7) is 0. The maximum Gasteiger partial charge on any atom is 0.354 e. The van der Waals surface area contributed by atoms with E-state index in [1.807, 2.05) is 0 Å². The number of carbonyl (C=O) groups is 2. The van der Waals surface area contributed by atoms with Crippen LogP contribution in [-0.2, 0) is 9.59 Å². The monoisotopic (exact) mass is 345 g/mol. The molecule has 2 rings (SSSR count). The molecule has 0 aromatic rings. The molecule has 1 unspecified atom stereocenters. The molecule has 0 saturated heterocycles. The van der Waals surface area contributed by atoms with E-state index in [1.165, 1.54) is 0 Å². The van der Waals surface area contributed by atoms with Crippen LogP contribution in [0.2, 0.25) is 0 Å². The summed E-state index contributed by atoms with van der Waals surface area (Å²) in [6.07, 6.45) is 4.45. The van der Waals surface area contributed by atoms with Gasteiger partial charge in [-0.05, 0) is 12.2 Å². The first kappa shape index (κ1) is 11.5. The van der Waals surface area contributed by atoms with E-state index >= 15 is 0 Å². The highest BCUT2D eigenvalue weighted by Gasteiger charge is 2.32. The van der Waals surface area contributed by atoms with Gasteiger partial charge in [0.2, 0.25) is 0 Å². The molecule has 16 heavy (non-hydrogen) atoms. The fraction of sp³-hybridized carbons (Fsp3) is 0.100. The number of halogens is 2. The molecule has 0 aromatic carbocycles. The first-order valence-corrected chi connectivity index (χ1v) is 5.89. The zero-order valence-corrected chi connectivity index (χ0v) is 10.9. The van der Waals surface area contributed by atoms with Gasteiger partial charge in [0.1, 0.15) is 0 Å². The Bertz CT molecular complexity index is 514. The van der Waals surface area contributed by atoms with Crippen molar-refractivity contribution >= 4 is 49.3 Å². The van der Waals surface area contributed by atoms with Gasteiger partial charge in [-0.25, -0.2) is 9.79 Å². The number of nitrogens with zero attached hydrogens (tertiary/aromatic N) is 1. The lowest BCUT2D eigenvalue weighted by molar-refractivity contribution is -0.133. The molecule has 0 aromatic heterocycles. The minimum absolute atomic E-state index is 0.227. The summed E-state index contributed by atoms with van der Waals surface area (Å²) in [5, 5.41) is 8.79. The number of carboxylic acid groups (broad SMARTS) is 1. The summed E-state index contributed by atoms with van der Waals surface area (Å²) >= 11 is 6.54. The number of aliphatic imine (C=N–C) groups is 1. The maximum absolute atomic E-state index is 11.7. The Hall–Kier alpha value is -1.01. The molecule has 1 heterocycles. The van der Waals surface area contributed by atoms with Crippen molar-refractivity contribution in [2.24, 2.45) is 10.9 Å². The second kappa shape index (κ2) is 4.10. The van der Waals surface area contributed by atoms with Crippen molar-refractivity contribution < 1.29 is 14.7 Å². The second-order valence-electron chi connectivity index (χ2n) is 3.27. The predicted molar refractivity (Wildman–Crippen MR) is 65.7 cm³/mol. The highest BCUT2D eigenvalue weighted by molar-refractivity contribution is 9.12. The van der Waals surface area contributed by atoms with Crippen molar-refractivity contribution in [3.8, 4) is 0 Å². The topological polar surface area (TPSA) is 66.7 Å². The Morgan fingerprint density at radius 2 is 2.00 bits per heavy atom. The molecule has 0 spiro atoms. The molecule has 0 saturated carbocycles. The van der Waals surface area contributed by atoms with Crippen molar-refractivity contribution in [1.82, 2.24) is 0 Å². The number of hydrogen-bond donors (Lipinski definition) is 1. The number of allylic oxidation sites excluding steroid dienone is 5. The first-order chi connectivity index (χ1) is 7.49. The Balaban J connectivity index is 2.50. The smallest absolute Gasteiger partial charge is 0.354 e. The molecule has 1 aliphatic heterocycles. The van der Waals surface area contributed by atoms with E-state index in [2.05, 4.69) is 36.9 Å². The Morgan fingerprint density at radius 1 is 1.31 bits per heavy atom. The molecule has 6 heteroatoms. The second-order valence-corrected chi connectivity index (χ2v) is 5.10. The van der Waals surface area contributed by atoms with Crippen LogP contribution in [0.3, 0.4) is 0 Å². The van der Waals surface area contributed by atoms with Crippen molar-refractivity contribution in [3.05, 3.63) is 32.9 Å². The number of aliphatic carboxylic acids is 1. The SMILES string of the molecule is O=C(O)C1=CC(=O)C2C(Br)=CC(Br)=CC2=N1. The molecular weight excluding hydrogens is 342 g/mol. The number of ketones is 1. The Morgan fingerprint density at radius 3 is 2.62 bits per heavy atom. The normalized spacial score (nSPS) is 23.9. The quantitative estimate of drug-likeness (QED) is 0.791. The van der Waals surface area contributed by atoms with Crippen LogP contribution in [0.15, 0.2) is 37.9 Å². The summed E-state index contributed by atoms with van der Waals surface area (Å²) in [5.41, 5.74) is 0.209. The lowest BCUT2D eigenvalue weighted by Crippen LogP contribution is -2.28. The van der Waals surface area contributed by atoms with E-state index in [-0.39, 0.29) is 11.5 Å². The van der Waals surface area contributed by atoms with E-state index in [4.69, 9.17) is 5.11 Å². The number of fused-ring (bicyclic) bond motifs is 1. The van der Waals surface area contributed by atoms with Crippen molar-refractivity contribution in [3.63, 3.8) is 0 Å². The highest BCUT2D eigenvalue weighted by Crippen LogP contribution is 2.32. The van der Waals surface area contributed by atoms with Crippen LogP contribution < -0.4 is 0 Å². The van der Waals surface area contributed by atoms with Crippen LogP contribution in [0.25, 0.3) is 0 Å². The summed E-state index contributed by atoms with van der Waals surface area (Å²) in [4.78, 5) is 26.4. The van der Waals surface area contributed by atoms with Crippen LogP contribution in [0.5, 0.6) is 0 Å². The largest absolute Gasteiger partial charge is 0.477 e. The van der Waals surface area contributed by atoms with Crippen LogP contribution in [-0.4, -0.2) is 22.6 Å². The van der Waals surface area contributed by atoms with Gasteiger partial charge in [0.05, 0.1) is 11.6 Å². The average Bonchev–Trinajstić information content (AvgIpc) is 2.15. The van der Waals surface area contributed by atoms with Gasteiger partial charge in [0.25, 0.3) is 0 Å². The van der Waals surface area contributed by atoms with E-state index < -0.39 is 11.9 Å². The Labute approximate surface area is 108 Å². The molecule has 2 aliphatic rings. The van der Waals surface area contributed by atoms with Gasteiger partial charge in [-0.2, -0.15) is 0 Å². The number of carbonyl (C=O) groups excluding carboxylic acids is 1. The molecule has 4 nitrogen and oxygen atoms in total. The molecule has 0 fully saturated rings. The number of rotatable bonds is 1. The third-order valence-corrected chi connectivity index (χ3v) is 3.31. The van der Waals surface area contributed by atoms with Gasteiger partial charge in [0, 0.05) is 15.0 Å². The van der Waals surface area contributed by atoms with E-state index in [0.29, 0.717) is 10.2 Å².